The summed E-state index contributed by atoms with van der Waals surface area (Å²) in [5, 5.41) is 4.30. The van der Waals surface area contributed by atoms with Crippen molar-refractivity contribution in [2.24, 2.45) is 0 Å². The molecule has 0 atom stereocenters. The number of hydrogen-bond donors (Lipinski definition) is 0. The number of rotatable bonds is 1. The van der Waals surface area contributed by atoms with Crippen LogP contribution < -0.4 is 0 Å². The van der Waals surface area contributed by atoms with Gasteiger partial charge >= 0.3 is 0 Å². The van der Waals surface area contributed by atoms with Gasteiger partial charge in [0.15, 0.2) is 5.78 Å². The highest BCUT2D eigenvalue weighted by molar-refractivity contribution is 6.02. The van der Waals surface area contributed by atoms with E-state index in [9.17, 15) is 4.79 Å². The van der Waals surface area contributed by atoms with Crippen molar-refractivity contribution in [3.63, 3.8) is 0 Å². The smallest absolute Gasteiger partial charge is 0.211 e. The lowest BCUT2D eigenvalue weighted by Crippen LogP contribution is -1.88. The molecule has 4 heteroatoms. The van der Waals surface area contributed by atoms with Gasteiger partial charge in [0.25, 0.3) is 0 Å². The van der Waals surface area contributed by atoms with Crippen molar-refractivity contribution in [1.29, 1.82) is 0 Å². The average molecular weight is 162 g/mol. The fourth-order valence-corrected chi connectivity index (χ4v) is 1.04. The minimum Gasteiger partial charge on any atom is -0.350 e. The number of carbonyl (C=O) groups is 1. The van der Waals surface area contributed by atoms with Crippen LogP contribution in [0.5, 0.6) is 0 Å². The summed E-state index contributed by atoms with van der Waals surface area (Å²) in [5.41, 5.74) is 0.475. The fraction of sp³-hybridized carbons (Fsp3) is 0.125. The van der Waals surface area contributed by atoms with Crippen LogP contribution in [0.25, 0.3) is 11.0 Å². The second-order valence-corrected chi connectivity index (χ2v) is 2.44. The topological polar surface area (TPSA) is 56.0 Å². The van der Waals surface area contributed by atoms with Gasteiger partial charge in [0, 0.05) is 13.1 Å². The fourth-order valence-electron chi connectivity index (χ4n) is 1.04. The summed E-state index contributed by atoms with van der Waals surface area (Å²) in [5.74, 6) is 0.142. The molecule has 0 unspecified atom stereocenters. The van der Waals surface area contributed by atoms with Gasteiger partial charge in [0.2, 0.25) is 11.4 Å². The van der Waals surface area contributed by atoms with Crippen molar-refractivity contribution in [2.45, 2.75) is 6.92 Å². The van der Waals surface area contributed by atoms with E-state index in [0.717, 1.165) is 0 Å². The van der Waals surface area contributed by atoms with Gasteiger partial charge in [-0.15, -0.1) is 0 Å². The molecule has 0 N–H and O–H groups in total. The Morgan fingerprint density at radius 2 is 2.42 bits per heavy atom. The normalized spacial score (nSPS) is 10.4. The zero-order valence-electron chi connectivity index (χ0n) is 6.44. The summed E-state index contributed by atoms with van der Waals surface area (Å²) < 4.78 is 4.81. The molecule has 0 radical (unpaired) electrons. The van der Waals surface area contributed by atoms with E-state index in [2.05, 4.69) is 10.1 Å². The summed E-state index contributed by atoms with van der Waals surface area (Å²) in [6.07, 6.45) is 1.61. The summed E-state index contributed by atoms with van der Waals surface area (Å²) >= 11 is 0. The average Bonchev–Trinajstić information content (AvgIpc) is 2.47. The molecular formula is C8H6N2O2. The van der Waals surface area contributed by atoms with E-state index in [1.54, 1.807) is 18.3 Å². The first kappa shape index (κ1) is 6.97. The second kappa shape index (κ2) is 2.41. The molecule has 0 bridgehead atoms. The molecule has 0 aliphatic heterocycles. The number of Topliss-reactive ketones (excluding diaryl/α,β-unsaturated/α-hetero) is 1. The van der Waals surface area contributed by atoms with E-state index in [-0.39, 0.29) is 11.5 Å². The van der Waals surface area contributed by atoms with Crippen molar-refractivity contribution in [2.75, 3.05) is 0 Å². The van der Waals surface area contributed by atoms with Gasteiger partial charge in [-0.05, 0) is 12.1 Å². The van der Waals surface area contributed by atoms with Crippen LogP contribution in [0.1, 0.15) is 17.5 Å². The predicted molar refractivity (Wildman–Crippen MR) is 41.8 cm³/mol. The van der Waals surface area contributed by atoms with Crippen LogP contribution in [0.15, 0.2) is 22.9 Å². The van der Waals surface area contributed by atoms with Crippen molar-refractivity contribution in [3.05, 3.63) is 24.1 Å². The van der Waals surface area contributed by atoms with Gasteiger partial charge < -0.3 is 4.52 Å². The molecule has 0 amide bonds. The maximum atomic E-state index is 11.0. The van der Waals surface area contributed by atoms with Gasteiger partial charge in [-0.1, -0.05) is 5.16 Å². The van der Waals surface area contributed by atoms with E-state index < -0.39 is 0 Å². The van der Waals surface area contributed by atoms with Crippen molar-refractivity contribution in [1.82, 2.24) is 10.1 Å². The van der Waals surface area contributed by atoms with E-state index in [0.29, 0.717) is 11.0 Å². The van der Waals surface area contributed by atoms with E-state index in [4.69, 9.17) is 4.52 Å². The Balaban J connectivity index is 2.79. The van der Waals surface area contributed by atoms with Crippen LogP contribution >= 0.6 is 0 Å². The highest BCUT2D eigenvalue weighted by Gasteiger charge is 2.11. The van der Waals surface area contributed by atoms with E-state index >= 15 is 0 Å². The number of nitrogens with zero attached hydrogens (tertiary/aromatic N) is 2. The minimum atomic E-state index is -0.134. The molecule has 0 aromatic carbocycles. The van der Waals surface area contributed by atoms with Gasteiger partial charge in [-0.25, -0.2) is 4.98 Å². The number of fused-ring (bicyclic) bond motifs is 1. The molecule has 2 aromatic heterocycles. The Bertz CT molecular complexity index is 433. The van der Waals surface area contributed by atoms with Crippen LogP contribution in [0, 0.1) is 0 Å². The molecule has 2 aromatic rings. The van der Waals surface area contributed by atoms with Crippen LogP contribution in [0.2, 0.25) is 0 Å². The number of pyridine rings is 1. The SMILES string of the molecule is CC(=O)c1onc2ncccc12. The number of carbonyl (C=O) groups excluding carboxylic acids is 1. The molecule has 12 heavy (non-hydrogen) atoms. The monoisotopic (exact) mass is 162 g/mol. The predicted octanol–water partition coefficient (Wildman–Crippen LogP) is 1.43. The summed E-state index contributed by atoms with van der Waals surface area (Å²) in [6, 6.07) is 3.50. The Morgan fingerprint density at radius 1 is 1.58 bits per heavy atom. The maximum absolute atomic E-state index is 11.0. The minimum absolute atomic E-state index is 0.134. The third kappa shape index (κ3) is 0.887. The standard InChI is InChI=1S/C8H6N2O2/c1-5(11)7-6-3-2-4-9-8(6)10-12-7/h2-4H,1H3. The molecule has 0 aliphatic carbocycles. The Hall–Kier alpha value is -1.71. The van der Waals surface area contributed by atoms with Crippen molar-refractivity contribution >= 4 is 16.8 Å². The largest absolute Gasteiger partial charge is 0.350 e. The summed E-state index contributed by atoms with van der Waals surface area (Å²) in [4.78, 5) is 14.9. The molecule has 2 rings (SSSR count). The lowest BCUT2D eigenvalue weighted by Gasteiger charge is -1.85. The van der Waals surface area contributed by atoms with Crippen molar-refractivity contribution < 1.29 is 9.32 Å². The molecule has 0 spiro atoms. The molecule has 0 saturated carbocycles. The summed E-state index contributed by atoms with van der Waals surface area (Å²) in [7, 11) is 0. The first-order valence-corrected chi connectivity index (χ1v) is 3.50. The van der Waals surface area contributed by atoms with Crippen LogP contribution in [0.4, 0.5) is 0 Å². The first-order valence-electron chi connectivity index (χ1n) is 3.50. The highest BCUT2D eigenvalue weighted by atomic mass is 16.5. The highest BCUT2D eigenvalue weighted by Crippen LogP contribution is 2.15. The molecule has 0 aliphatic rings. The molecule has 60 valence electrons. The third-order valence-electron chi connectivity index (χ3n) is 1.57. The maximum Gasteiger partial charge on any atom is 0.211 e. The quantitative estimate of drug-likeness (QED) is 0.595. The van der Waals surface area contributed by atoms with Gasteiger partial charge in [0.05, 0.1) is 5.39 Å². The Morgan fingerprint density at radius 3 is 3.17 bits per heavy atom. The molecular weight excluding hydrogens is 156 g/mol. The van der Waals surface area contributed by atoms with E-state index in [1.165, 1.54) is 6.92 Å². The van der Waals surface area contributed by atoms with Gasteiger partial charge in [0.1, 0.15) is 0 Å². The van der Waals surface area contributed by atoms with Crippen LogP contribution in [-0.2, 0) is 0 Å². The lowest BCUT2D eigenvalue weighted by atomic mass is 10.2. The molecule has 0 fully saturated rings. The molecule has 4 nitrogen and oxygen atoms in total. The second-order valence-electron chi connectivity index (χ2n) is 2.44. The molecule has 0 saturated heterocycles. The molecule has 2 heterocycles. The van der Waals surface area contributed by atoms with Crippen LogP contribution in [-0.4, -0.2) is 15.9 Å². The van der Waals surface area contributed by atoms with Crippen LogP contribution in [0.3, 0.4) is 0 Å². The van der Waals surface area contributed by atoms with Gasteiger partial charge in [-0.3, -0.25) is 4.79 Å². The zero-order chi connectivity index (χ0) is 8.55. The Labute approximate surface area is 68.2 Å². The van der Waals surface area contributed by atoms with Gasteiger partial charge in [-0.2, -0.15) is 0 Å². The van der Waals surface area contributed by atoms with E-state index in [1.807, 2.05) is 0 Å². The third-order valence-corrected chi connectivity index (χ3v) is 1.57. The first-order chi connectivity index (χ1) is 5.79. The summed E-state index contributed by atoms with van der Waals surface area (Å²) in [6.45, 7) is 1.44. The Kier molecular flexibility index (Phi) is 1.40. The number of hydrogen-bond acceptors (Lipinski definition) is 4. The number of aromatic nitrogens is 2. The lowest BCUT2D eigenvalue weighted by molar-refractivity contribution is 0.0981. The van der Waals surface area contributed by atoms with Crippen molar-refractivity contribution in [3.8, 4) is 0 Å². The number of ketones is 1. The zero-order valence-corrected chi connectivity index (χ0v) is 6.44.